The highest BCUT2D eigenvalue weighted by atomic mass is 16.2. The van der Waals surface area contributed by atoms with Crippen molar-refractivity contribution in [2.24, 2.45) is 7.05 Å². The maximum atomic E-state index is 12.4. The number of likely N-dealkylation sites (tertiary alicyclic amines) is 1. The summed E-state index contributed by atoms with van der Waals surface area (Å²) in [6.07, 6.45) is 1.36. The topological polar surface area (TPSA) is 117 Å². The fourth-order valence-electron chi connectivity index (χ4n) is 2.95. The molecule has 2 amide bonds. The SMILES string of the molecule is CC(=O)N1CCC(NC(=O)c2ccc3c(=O)[nH]c(=O)n(C)c3n2)CC1. The van der Waals surface area contributed by atoms with Crippen molar-refractivity contribution in [2.45, 2.75) is 25.8 Å². The largest absolute Gasteiger partial charge is 0.348 e. The number of piperidine rings is 1. The Labute approximate surface area is 142 Å². The lowest BCUT2D eigenvalue weighted by molar-refractivity contribution is -0.129. The van der Waals surface area contributed by atoms with Crippen molar-refractivity contribution >= 4 is 22.8 Å². The molecule has 0 spiro atoms. The van der Waals surface area contributed by atoms with E-state index in [4.69, 9.17) is 0 Å². The fraction of sp³-hybridized carbons (Fsp3) is 0.438. The van der Waals surface area contributed by atoms with Crippen molar-refractivity contribution in [3.05, 3.63) is 38.7 Å². The predicted octanol–water partition coefficient (Wildman–Crippen LogP) is -0.637. The molecule has 132 valence electrons. The van der Waals surface area contributed by atoms with Crippen LogP contribution in [0.15, 0.2) is 21.7 Å². The second kappa shape index (κ2) is 6.50. The highest BCUT2D eigenvalue weighted by Gasteiger charge is 2.23. The summed E-state index contributed by atoms with van der Waals surface area (Å²) in [6, 6.07) is 2.90. The average Bonchev–Trinajstić information content (AvgIpc) is 2.59. The van der Waals surface area contributed by atoms with Crippen LogP contribution in [0.5, 0.6) is 0 Å². The number of pyridine rings is 1. The highest BCUT2D eigenvalue weighted by Crippen LogP contribution is 2.12. The standard InChI is InChI=1S/C16H19N5O4/c1-9(22)21-7-5-10(6-8-21)17-15(24)12-4-3-11-13(18-12)20(2)16(25)19-14(11)23/h3-4,10H,5-8H2,1-2H3,(H,17,24)(H,19,23,25). The third-order valence-corrected chi connectivity index (χ3v) is 4.47. The number of aryl methyl sites for hydroxylation is 1. The van der Waals surface area contributed by atoms with Crippen LogP contribution in [0.3, 0.4) is 0 Å². The number of nitrogens with one attached hydrogen (secondary N) is 2. The molecule has 25 heavy (non-hydrogen) atoms. The van der Waals surface area contributed by atoms with Gasteiger partial charge in [0.05, 0.1) is 5.39 Å². The first-order chi connectivity index (χ1) is 11.9. The van der Waals surface area contributed by atoms with Crippen molar-refractivity contribution in [1.82, 2.24) is 24.8 Å². The minimum atomic E-state index is -0.584. The normalized spacial score (nSPS) is 15.4. The minimum Gasteiger partial charge on any atom is -0.348 e. The van der Waals surface area contributed by atoms with Crippen molar-refractivity contribution in [3.63, 3.8) is 0 Å². The van der Waals surface area contributed by atoms with E-state index in [0.717, 1.165) is 0 Å². The van der Waals surface area contributed by atoms with E-state index in [9.17, 15) is 19.2 Å². The van der Waals surface area contributed by atoms with E-state index in [0.29, 0.717) is 25.9 Å². The Morgan fingerprint density at radius 1 is 1.24 bits per heavy atom. The lowest BCUT2D eigenvalue weighted by Gasteiger charge is -2.31. The van der Waals surface area contributed by atoms with E-state index >= 15 is 0 Å². The van der Waals surface area contributed by atoms with Gasteiger partial charge in [-0.05, 0) is 25.0 Å². The maximum Gasteiger partial charge on any atom is 0.329 e. The lowest BCUT2D eigenvalue weighted by Crippen LogP contribution is -2.46. The number of hydrogen-bond acceptors (Lipinski definition) is 5. The molecule has 1 aliphatic heterocycles. The molecule has 2 aromatic heterocycles. The Bertz CT molecular complexity index is 953. The zero-order valence-corrected chi connectivity index (χ0v) is 14.0. The molecule has 1 saturated heterocycles. The molecule has 0 radical (unpaired) electrons. The molecular weight excluding hydrogens is 326 g/mol. The Morgan fingerprint density at radius 3 is 2.56 bits per heavy atom. The van der Waals surface area contributed by atoms with E-state index in [-0.39, 0.29) is 34.6 Å². The maximum absolute atomic E-state index is 12.4. The quantitative estimate of drug-likeness (QED) is 0.751. The molecule has 2 aromatic rings. The van der Waals surface area contributed by atoms with Crippen LogP contribution >= 0.6 is 0 Å². The third kappa shape index (κ3) is 3.30. The van der Waals surface area contributed by atoms with Gasteiger partial charge in [-0.2, -0.15) is 0 Å². The van der Waals surface area contributed by atoms with Gasteiger partial charge in [0.15, 0.2) is 0 Å². The van der Waals surface area contributed by atoms with Gasteiger partial charge >= 0.3 is 5.69 Å². The molecule has 9 heteroatoms. The number of carbonyl (C=O) groups excluding carboxylic acids is 2. The molecule has 9 nitrogen and oxygen atoms in total. The second-order valence-electron chi connectivity index (χ2n) is 6.14. The zero-order valence-electron chi connectivity index (χ0n) is 14.0. The molecule has 0 unspecified atom stereocenters. The second-order valence-corrected chi connectivity index (χ2v) is 6.14. The fourth-order valence-corrected chi connectivity index (χ4v) is 2.95. The van der Waals surface area contributed by atoms with E-state index < -0.39 is 11.2 Å². The number of aromatic amines is 1. The molecule has 1 aliphatic rings. The number of aromatic nitrogens is 3. The van der Waals surface area contributed by atoms with E-state index in [1.807, 2.05) is 0 Å². The number of rotatable bonds is 2. The first-order valence-corrected chi connectivity index (χ1v) is 8.03. The molecule has 0 bridgehead atoms. The van der Waals surface area contributed by atoms with Gasteiger partial charge in [-0.25, -0.2) is 9.78 Å². The molecule has 0 atom stereocenters. The summed E-state index contributed by atoms with van der Waals surface area (Å²) in [7, 11) is 1.48. The van der Waals surface area contributed by atoms with Crippen molar-refractivity contribution in [1.29, 1.82) is 0 Å². The summed E-state index contributed by atoms with van der Waals surface area (Å²) in [5.41, 5.74) is -0.816. The molecule has 3 rings (SSSR count). The molecular formula is C16H19N5O4. The number of fused-ring (bicyclic) bond motifs is 1. The van der Waals surface area contributed by atoms with Gasteiger partial charge in [0.1, 0.15) is 11.3 Å². The molecule has 1 fully saturated rings. The van der Waals surface area contributed by atoms with Crippen LogP contribution in [0, 0.1) is 0 Å². The summed E-state index contributed by atoms with van der Waals surface area (Å²) in [4.78, 5) is 55.3. The van der Waals surface area contributed by atoms with E-state index in [1.165, 1.54) is 30.7 Å². The highest BCUT2D eigenvalue weighted by molar-refractivity contribution is 5.94. The van der Waals surface area contributed by atoms with Gasteiger partial charge in [-0.3, -0.25) is 23.9 Å². The summed E-state index contributed by atoms with van der Waals surface area (Å²) in [5, 5.41) is 3.14. The first-order valence-electron chi connectivity index (χ1n) is 8.03. The van der Waals surface area contributed by atoms with Crippen LogP contribution in [0.25, 0.3) is 11.0 Å². The van der Waals surface area contributed by atoms with Gasteiger partial charge in [0.2, 0.25) is 5.91 Å². The molecule has 0 saturated carbocycles. The van der Waals surface area contributed by atoms with Gasteiger partial charge in [-0.1, -0.05) is 0 Å². The van der Waals surface area contributed by atoms with Crippen LogP contribution in [-0.4, -0.2) is 50.4 Å². The molecule has 3 heterocycles. The smallest absolute Gasteiger partial charge is 0.329 e. The Hall–Kier alpha value is -2.97. The van der Waals surface area contributed by atoms with Crippen molar-refractivity contribution in [3.8, 4) is 0 Å². The van der Waals surface area contributed by atoms with Crippen LogP contribution in [0.4, 0.5) is 0 Å². The summed E-state index contributed by atoms with van der Waals surface area (Å²) >= 11 is 0. The van der Waals surface area contributed by atoms with Gasteiger partial charge in [0, 0.05) is 33.1 Å². The number of hydrogen-bond donors (Lipinski definition) is 2. The Morgan fingerprint density at radius 2 is 1.92 bits per heavy atom. The number of H-pyrrole nitrogens is 1. The first kappa shape index (κ1) is 16.9. The van der Waals surface area contributed by atoms with Crippen LogP contribution in [0.1, 0.15) is 30.3 Å². The minimum absolute atomic E-state index is 0.0344. The van der Waals surface area contributed by atoms with Gasteiger partial charge < -0.3 is 10.2 Å². The van der Waals surface area contributed by atoms with E-state index in [1.54, 1.807) is 4.90 Å². The van der Waals surface area contributed by atoms with Gasteiger partial charge in [0.25, 0.3) is 11.5 Å². The average molecular weight is 345 g/mol. The lowest BCUT2D eigenvalue weighted by atomic mass is 10.0. The number of nitrogens with zero attached hydrogens (tertiary/aromatic N) is 3. The zero-order chi connectivity index (χ0) is 18.1. The molecule has 2 N–H and O–H groups in total. The summed E-state index contributed by atoms with van der Waals surface area (Å²) < 4.78 is 1.19. The number of carbonyl (C=O) groups is 2. The van der Waals surface area contributed by atoms with E-state index in [2.05, 4.69) is 15.3 Å². The number of amides is 2. The van der Waals surface area contributed by atoms with Crippen LogP contribution in [-0.2, 0) is 11.8 Å². The Kier molecular flexibility index (Phi) is 4.39. The third-order valence-electron chi connectivity index (χ3n) is 4.47. The predicted molar refractivity (Wildman–Crippen MR) is 90.3 cm³/mol. The van der Waals surface area contributed by atoms with Gasteiger partial charge in [-0.15, -0.1) is 0 Å². The van der Waals surface area contributed by atoms with Crippen molar-refractivity contribution < 1.29 is 9.59 Å². The van der Waals surface area contributed by atoms with Crippen LogP contribution in [0.2, 0.25) is 0 Å². The Balaban J connectivity index is 1.79. The summed E-state index contributed by atoms with van der Waals surface area (Å²) in [6.45, 7) is 2.74. The molecule has 0 aliphatic carbocycles. The van der Waals surface area contributed by atoms with Crippen LogP contribution < -0.4 is 16.6 Å². The summed E-state index contributed by atoms with van der Waals surface area (Å²) in [5.74, 6) is -0.331. The van der Waals surface area contributed by atoms with Crippen molar-refractivity contribution in [2.75, 3.05) is 13.1 Å². The molecule has 0 aromatic carbocycles. The monoisotopic (exact) mass is 345 g/mol.